The second-order valence-corrected chi connectivity index (χ2v) is 8.66. The molecule has 1 aliphatic heterocycles. The Bertz CT molecular complexity index is 929. The summed E-state index contributed by atoms with van der Waals surface area (Å²) in [6.07, 6.45) is 0.193. The summed E-state index contributed by atoms with van der Waals surface area (Å²) in [5.41, 5.74) is 1.74. The molecule has 2 amide bonds. The second kappa shape index (κ2) is 9.95. The van der Waals surface area contributed by atoms with Crippen LogP contribution in [0.2, 0.25) is 4.34 Å². The third kappa shape index (κ3) is 5.12. The molecule has 1 unspecified atom stereocenters. The molecule has 0 saturated carbocycles. The minimum atomic E-state index is -0.423. The normalized spacial score (nSPS) is 16.5. The average molecular weight is 449 g/mol. The van der Waals surface area contributed by atoms with Crippen LogP contribution in [0.4, 0.5) is 10.5 Å². The Morgan fingerprint density at radius 3 is 2.67 bits per heavy atom. The number of amides is 2. The summed E-state index contributed by atoms with van der Waals surface area (Å²) >= 11 is 7.07. The first-order valence-electron chi connectivity index (χ1n) is 9.73. The van der Waals surface area contributed by atoms with Crippen molar-refractivity contribution in [1.29, 1.82) is 0 Å². The van der Waals surface area contributed by atoms with E-state index < -0.39 is 12.2 Å². The fourth-order valence-electron chi connectivity index (χ4n) is 3.32. The standard InChI is InChI=1S/C21H25ClN4O3S/c1-4-11-25(3)19(23-2)14-5-7-15(8-6-14)26-13-16(29-21(26)28)12-24-20(27)17-9-10-18(22)30-17/h5-10,16H,4,11-13H2,1-3H3,(H,24,27). The number of nitrogens with one attached hydrogen (secondary N) is 1. The molecular formula is C21H25ClN4O3S. The van der Waals surface area contributed by atoms with Crippen LogP contribution in [-0.2, 0) is 4.74 Å². The topological polar surface area (TPSA) is 74.2 Å². The summed E-state index contributed by atoms with van der Waals surface area (Å²) in [5, 5.41) is 2.79. The van der Waals surface area contributed by atoms with Gasteiger partial charge in [0.05, 0.1) is 22.3 Å². The fourth-order valence-corrected chi connectivity index (χ4v) is 4.28. The van der Waals surface area contributed by atoms with Crippen LogP contribution >= 0.6 is 22.9 Å². The minimum absolute atomic E-state index is 0.228. The Hall–Kier alpha value is -2.58. The van der Waals surface area contributed by atoms with Gasteiger partial charge in [0.15, 0.2) is 0 Å². The van der Waals surface area contributed by atoms with Crippen molar-refractivity contribution in [2.45, 2.75) is 19.4 Å². The van der Waals surface area contributed by atoms with Crippen LogP contribution in [-0.4, -0.2) is 62.6 Å². The Balaban J connectivity index is 1.60. The zero-order chi connectivity index (χ0) is 21.7. The minimum Gasteiger partial charge on any atom is -0.442 e. The van der Waals surface area contributed by atoms with Gasteiger partial charge in [-0.15, -0.1) is 11.3 Å². The highest BCUT2D eigenvalue weighted by Gasteiger charge is 2.32. The van der Waals surface area contributed by atoms with Gasteiger partial charge in [-0.1, -0.05) is 18.5 Å². The monoisotopic (exact) mass is 448 g/mol. The molecule has 0 radical (unpaired) electrons. The largest absolute Gasteiger partial charge is 0.442 e. The van der Waals surface area contributed by atoms with Gasteiger partial charge in [0, 0.05) is 31.9 Å². The number of rotatable bonds is 7. The molecular weight excluding hydrogens is 424 g/mol. The predicted octanol–water partition coefficient (Wildman–Crippen LogP) is 3.87. The number of hydrogen-bond donors (Lipinski definition) is 1. The number of hydrogen-bond acceptors (Lipinski definition) is 5. The molecule has 0 spiro atoms. The van der Waals surface area contributed by atoms with Crippen LogP contribution in [0.5, 0.6) is 0 Å². The van der Waals surface area contributed by atoms with Gasteiger partial charge >= 0.3 is 6.09 Å². The third-order valence-corrected chi connectivity index (χ3v) is 5.96. The molecule has 1 aromatic carbocycles. The van der Waals surface area contributed by atoms with E-state index in [2.05, 4.69) is 22.1 Å². The van der Waals surface area contributed by atoms with Crippen LogP contribution in [0.3, 0.4) is 0 Å². The summed E-state index contributed by atoms with van der Waals surface area (Å²) in [6.45, 7) is 3.65. The number of thiophene rings is 1. The molecule has 160 valence electrons. The number of anilines is 1. The maximum Gasteiger partial charge on any atom is 0.414 e. The smallest absolute Gasteiger partial charge is 0.414 e. The van der Waals surface area contributed by atoms with Crippen LogP contribution in [0.1, 0.15) is 28.6 Å². The van der Waals surface area contributed by atoms with Crippen molar-refractivity contribution in [1.82, 2.24) is 10.2 Å². The van der Waals surface area contributed by atoms with E-state index in [1.807, 2.05) is 31.3 Å². The van der Waals surface area contributed by atoms with Gasteiger partial charge in [0.2, 0.25) is 0 Å². The van der Waals surface area contributed by atoms with E-state index in [-0.39, 0.29) is 12.5 Å². The van der Waals surface area contributed by atoms with E-state index in [9.17, 15) is 9.59 Å². The summed E-state index contributed by atoms with van der Waals surface area (Å²) in [4.78, 5) is 33.1. The van der Waals surface area contributed by atoms with E-state index in [0.717, 1.165) is 30.1 Å². The second-order valence-electron chi connectivity index (χ2n) is 6.95. The highest BCUT2D eigenvalue weighted by molar-refractivity contribution is 7.18. The summed E-state index contributed by atoms with van der Waals surface area (Å²) in [5.74, 6) is 0.676. The van der Waals surface area contributed by atoms with Crippen LogP contribution in [0.25, 0.3) is 0 Å². The molecule has 30 heavy (non-hydrogen) atoms. The Kier molecular flexibility index (Phi) is 7.33. The van der Waals surface area contributed by atoms with E-state index in [1.54, 1.807) is 24.1 Å². The average Bonchev–Trinajstić information content (AvgIpc) is 3.33. The zero-order valence-corrected chi connectivity index (χ0v) is 18.8. The number of halogens is 1. The van der Waals surface area contributed by atoms with Gasteiger partial charge in [-0.2, -0.15) is 0 Å². The molecule has 0 bridgehead atoms. The third-order valence-electron chi connectivity index (χ3n) is 4.73. The number of ether oxygens (including phenoxy) is 1. The lowest BCUT2D eigenvalue weighted by molar-refractivity contribution is 0.0920. The molecule has 1 fully saturated rings. The first-order valence-corrected chi connectivity index (χ1v) is 10.9. The molecule has 2 aromatic rings. The molecule has 1 atom stereocenters. The Labute approximate surface area is 185 Å². The summed E-state index contributed by atoms with van der Waals surface area (Å²) in [6, 6.07) is 11.0. The van der Waals surface area contributed by atoms with Crippen LogP contribution < -0.4 is 10.2 Å². The number of cyclic esters (lactones) is 1. The van der Waals surface area contributed by atoms with Crippen molar-refractivity contribution in [2.24, 2.45) is 4.99 Å². The van der Waals surface area contributed by atoms with Crippen molar-refractivity contribution in [3.63, 3.8) is 0 Å². The lowest BCUT2D eigenvalue weighted by atomic mass is 10.1. The summed E-state index contributed by atoms with van der Waals surface area (Å²) < 4.78 is 5.96. The molecule has 1 aromatic heterocycles. The van der Waals surface area contributed by atoms with Crippen molar-refractivity contribution in [3.8, 4) is 0 Å². The van der Waals surface area contributed by atoms with Gasteiger partial charge in [0.25, 0.3) is 5.91 Å². The first kappa shape index (κ1) is 22.1. The van der Waals surface area contributed by atoms with Crippen LogP contribution in [0.15, 0.2) is 41.4 Å². The fraction of sp³-hybridized carbons (Fsp3) is 0.381. The van der Waals surface area contributed by atoms with E-state index in [0.29, 0.717) is 15.8 Å². The van der Waals surface area contributed by atoms with E-state index in [1.165, 1.54) is 11.3 Å². The lowest BCUT2D eigenvalue weighted by Crippen LogP contribution is -2.34. The van der Waals surface area contributed by atoms with Gasteiger partial charge in [-0.3, -0.25) is 14.7 Å². The molecule has 1 aliphatic rings. The first-order chi connectivity index (χ1) is 14.4. The van der Waals surface area contributed by atoms with Gasteiger partial charge in [0.1, 0.15) is 11.9 Å². The predicted molar refractivity (Wildman–Crippen MR) is 121 cm³/mol. The van der Waals surface area contributed by atoms with Crippen molar-refractivity contribution >= 4 is 46.5 Å². The maximum absolute atomic E-state index is 12.3. The molecule has 1 saturated heterocycles. The van der Waals surface area contributed by atoms with Crippen molar-refractivity contribution in [3.05, 3.63) is 51.2 Å². The van der Waals surface area contributed by atoms with Crippen molar-refractivity contribution < 1.29 is 14.3 Å². The highest BCUT2D eigenvalue weighted by Crippen LogP contribution is 2.23. The maximum atomic E-state index is 12.3. The zero-order valence-electron chi connectivity index (χ0n) is 17.2. The molecule has 3 rings (SSSR count). The molecule has 2 heterocycles. The lowest BCUT2D eigenvalue weighted by Gasteiger charge is -2.21. The number of carbonyl (C=O) groups excluding carboxylic acids is 2. The molecule has 0 aliphatic carbocycles. The van der Waals surface area contributed by atoms with Gasteiger partial charge < -0.3 is 15.0 Å². The molecule has 7 nitrogen and oxygen atoms in total. The molecule has 9 heteroatoms. The summed E-state index contributed by atoms with van der Waals surface area (Å²) in [7, 11) is 3.79. The van der Waals surface area contributed by atoms with Gasteiger partial charge in [-0.25, -0.2) is 4.79 Å². The Morgan fingerprint density at radius 1 is 1.33 bits per heavy atom. The molecule has 1 N–H and O–H groups in total. The quantitative estimate of drug-likeness (QED) is 0.515. The number of carbonyl (C=O) groups is 2. The Morgan fingerprint density at radius 2 is 2.07 bits per heavy atom. The number of benzene rings is 1. The van der Waals surface area contributed by atoms with Crippen LogP contribution in [0, 0.1) is 0 Å². The van der Waals surface area contributed by atoms with Gasteiger partial charge in [-0.05, 0) is 42.8 Å². The highest BCUT2D eigenvalue weighted by atomic mass is 35.5. The number of nitrogens with zero attached hydrogens (tertiary/aromatic N) is 3. The van der Waals surface area contributed by atoms with E-state index in [4.69, 9.17) is 16.3 Å². The SMILES string of the molecule is CCCN(C)C(=NC)c1ccc(N2CC(CNC(=O)c3ccc(Cl)s3)OC2=O)cc1. The number of aliphatic imine (C=N–C) groups is 1. The van der Waals surface area contributed by atoms with Crippen molar-refractivity contribution in [2.75, 3.05) is 38.6 Å². The van der Waals surface area contributed by atoms with E-state index >= 15 is 0 Å². The number of amidine groups is 1.